The van der Waals surface area contributed by atoms with E-state index in [0.717, 1.165) is 44.6 Å². The Kier molecular flexibility index (Phi) is 4.23. The fourth-order valence-electron chi connectivity index (χ4n) is 3.62. The van der Waals surface area contributed by atoms with E-state index >= 15 is 0 Å². The molecule has 2 aliphatic rings. The zero-order valence-corrected chi connectivity index (χ0v) is 13.3. The van der Waals surface area contributed by atoms with E-state index in [1.54, 1.807) is 0 Å². The number of amides is 1. The lowest BCUT2D eigenvalue weighted by atomic mass is 9.77. The number of nitrogens with zero attached hydrogens (tertiary/aromatic N) is 1. The molecular formula is C17H23ClN2O. The predicted octanol–water partition coefficient (Wildman–Crippen LogP) is 3.05. The molecule has 4 heteroatoms. The normalized spacial score (nSPS) is 22.5. The van der Waals surface area contributed by atoms with Gasteiger partial charge in [0.05, 0.1) is 5.92 Å². The molecule has 1 unspecified atom stereocenters. The maximum Gasteiger partial charge on any atom is 0.229 e. The van der Waals surface area contributed by atoms with Gasteiger partial charge in [-0.05, 0) is 55.8 Å². The van der Waals surface area contributed by atoms with Crippen LogP contribution in [0.4, 0.5) is 0 Å². The van der Waals surface area contributed by atoms with Gasteiger partial charge in [0, 0.05) is 24.7 Å². The van der Waals surface area contributed by atoms with Crippen LogP contribution in [0.15, 0.2) is 24.3 Å². The van der Waals surface area contributed by atoms with Crippen LogP contribution in [0.3, 0.4) is 0 Å². The molecule has 2 aliphatic heterocycles. The Morgan fingerprint density at radius 1 is 1.33 bits per heavy atom. The number of carbonyl (C=O) groups is 1. The van der Waals surface area contributed by atoms with Crippen LogP contribution in [-0.4, -0.2) is 37.0 Å². The first kappa shape index (κ1) is 14.9. The molecule has 2 heterocycles. The third kappa shape index (κ3) is 3.09. The van der Waals surface area contributed by atoms with Crippen molar-refractivity contribution in [3.63, 3.8) is 0 Å². The van der Waals surface area contributed by atoms with E-state index in [9.17, 15) is 4.79 Å². The molecule has 1 spiro atoms. The minimum atomic E-state index is -0.112. The van der Waals surface area contributed by atoms with E-state index in [1.165, 1.54) is 6.42 Å². The molecule has 0 aromatic heterocycles. The Bertz CT molecular complexity index is 515. The fraction of sp³-hybridized carbons (Fsp3) is 0.588. The van der Waals surface area contributed by atoms with Gasteiger partial charge in [-0.25, -0.2) is 0 Å². The lowest BCUT2D eigenvalue weighted by Gasteiger charge is -2.39. The summed E-state index contributed by atoms with van der Waals surface area (Å²) in [4.78, 5) is 14.7. The third-order valence-corrected chi connectivity index (χ3v) is 5.42. The standard InChI is InChI=1S/C17H23ClN2O/c1-13(14-3-2-4-15(18)11-14)16(21)20-9-6-17(7-10-20)5-8-19-12-17/h2-4,11,13,19H,5-10,12H2,1H3. The lowest BCUT2D eigenvalue weighted by molar-refractivity contribution is -0.134. The molecule has 0 aliphatic carbocycles. The van der Waals surface area contributed by atoms with Gasteiger partial charge in [-0.2, -0.15) is 0 Å². The smallest absolute Gasteiger partial charge is 0.229 e. The topological polar surface area (TPSA) is 32.3 Å². The van der Waals surface area contributed by atoms with Crippen LogP contribution in [0.2, 0.25) is 5.02 Å². The summed E-state index contributed by atoms with van der Waals surface area (Å²) in [5.41, 5.74) is 1.46. The largest absolute Gasteiger partial charge is 0.342 e. The van der Waals surface area contributed by atoms with Crippen molar-refractivity contribution >= 4 is 17.5 Å². The van der Waals surface area contributed by atoms with Crippen molar-refractivity contribution in [1.82, 2.24) is 10.2 Å². The minimum absolute atomic E-state index is 0.112. The predicted molar refractivity (Wildman–Crippen MR) is 85.6 cm³/mol. The van der Waals surface area contributed by atoms with Crippen molar-refractivity contribution in [2.75, 3.05) is 26.2 Å². The van der Waals surface area contributed by atoms with E-state index in [0.29, 0.717) is 10.4 Å². The number of nitrogens with one attached hydrogen (secondary N) is 1. The summed E-state index contributed by atoms with van der Waals surface area (Å²) in [7, 11) is 0. The lowest BCUT2D eigenvalue weighted by Crippen LogP contribution is -2.45. The molecule has 1 aromatic carbocycles. The molecule has 2 saturated heterocycles. The van der Waals surface area contributed by atoms with Crippen molar-refractivity contribution in [2.24, 2.45) is 5.41 Å². The summed E-state index contributed by atoms with van der Waals surface area (Å²) in [5.74, 6) is 0.123. The number of likely N-dealkylation sites (tertiary alicyclic amines) is 1. The van der Waals surface area contributed by atoms with Gasteiger partial charge < -0.3 is 10.2 Å². The van der Waals surface area contributed by atoms with Crippen molar-refractivity contribution in [2.45, 2.75) is 32.1 Å². The minimum Gasteiger partial charge on any atom is -0.342 e. The number of rotatable bonds is 2. The average molecular weight is 307 g/mol. The SMILES string of the molecule is CC(C(=O)N1CCC2(CCNC2)CC1)c1cccc(Cl)c1. The van der Waals surface area contributed by atoms with Crippen molar-refractivity contribution in [3.05, 3.63) is 34.9 Å². The molecule has 114 valence electrons. The van der Waals surface area contributed by atoms with Gasteiger partial charge in [-0.15, -0.1) is 0 Å². The Hall–Kier alpha value is -1.06. The summed E-state index contributed by atoms with van der Waals surface area (Å²) < 4.78 is 0. The second kappa shape index (κ2) is 5.98. The zero-order valence-electron chi connectivity index (χ0n) is 12.6. The summed E-state index contributed by atoms with van der Waals surface area (Å²) in [6, 6.07) is 7.65. The van der Waals surface area contributed by atoms with Gasteiger partial charge in [-0.1, -0.05) is 23.7 Å². The molecule has 1 amide bonds. The number of piperidine rings is 1. The highest BCUT2D eigenvalue weighted by molar-refractivity contribution is 6.30. The Morgan fingerprint density at radius 3 is 2.71 bits per heavy atom. The first-order chi connectivity index (χ1) is 10.1. The second-order valence-electron chi connectivity index (χ2n) is 6.53. The van der Waals surface area contributed by atoms with Gasteiger partial charge in [0.1, 0.15) is 0 Å². The van der Waals surface area contributed by atoms with Gasteiger partial charge in [-0.3, -0.25) is 4.79 Å². The van der Waals surface area contributed by atoms with E-state index in [4.69, 9.17) is 11.6 Å². The molecule has 2 fully saturated rings. The van der Waals surface area contributed by atoms with Crippen LogP contribution in [0.5, 0.6) is 0 Å². The van der Waals surface area contributed by atoms with Gasteiger partial charge in [0.25, 0.3) is 0 Å². The Morgan fingerprint density at radius 2 is 2.10 bits per heavy atom. The zero-order chi connectivity index (χ0) is 14.9. The van der Waals surface area contributed by atoms with Crippen molar-refractivity contribution in [3.8, 4) is 0 Å². The average Bonchev–Trinajstić information content (AvgIpc) is 2.95. The summed E-state index contributed by atoms with van der Waals surface area (Å²) >= 11 is 6.03. The van der Waals surface area contributed by atoms with E-state index < -0.39 is 0 Å². The highest BCUT2D eigenvalue weighted by Crippen LogP contribution is 2.37. The quantitative estimate of drug-likeness (QED) is 0.911. The van der Waals surface area contributed by atoms with E-state index in [1.807, 2.05) is 36.1 Å². The third-order valence-electron chi connectivity index (χ3n) is 5.19. The molecular weight excluding hydrogens is 284 g/mol. The number of hydrogen-bond acceptors (Lipinski definition) is 2. The Balaban J connectivity index is 1.63. The second-order valence-corrected chi connectivity index (χ2v) is 6.97. The molecule has 0 bridgehead atoms. The van der Waals surface area contributed by atoms with Crippen LogP contribution in [-0.2, 0) is 4.79 Å². The summed E-state index contributed by atoms with van der Waals surface area (Å²) in [6.45, 7) is 6.03. The maximum atomic E-state index is 12.7. The van der Waals surface area contributed by atoms with Crippen LogP contribution >= 0.6 is 11.6 Å². The van der Waals surface area contributed by atoms with Crippen LogP contribution < -0.4 is 5.32 Å². The van der Waals surface area contributed by atoms with Gasteiger partial charge in [0.15, 0.2) is 0 Å². The first-order valence-corrected chi connectivity index (χ1v) is 8.22. The molecule has 21 heavy (non-hydrogen) atoms. The number of halogens is 1. The van der Waals surface area contributed by atoms with Gasteiger partial charge >= 0.3 is 0 Å². The fourth-order valence-corrected chi connectivity index (χ4v) is 3.81. The van der Waals surface area contributed by atoms with E-state index in [-0.39, 0.29) is 11.8 Å². The number of hydrogen-bond donors (Lipinski definition) is 1. The number of benzene rings is 1. The molecule has 0 radical (unpaired) electrons. The van der Waals surface area contributed by atoms with Crippen LogP contribution in [0.25, 0.3) is 0 Å². The van der Waals surface area contributed by atoms with Crippen molar-refractivity contribution < 1.29 is 4.79 Å². The van der Waals surface area contributed by atoms with Crippen LogP contribution in [0, 0.1) is 5.41 Å². The maximum absolute atomic E-state index is 12.7. The molecule has 1 aromatic rings. The number of carbonyl (C=O) groups excluding carboxylic acids is 1. The molecule has 1 N–H and O–H groups in total. The van der Waals surface area contributed by atoms with Crippen LogP contribution in [0.1, 0.15) is 37.7 Å². The molecule has 1 atom stereocenters. The highest BCUT2D eigenvalue weighted by atomic mass is 35.5. The Labute approximate surface area is 131 Å². The van der Waals surface area contributed by atoms with Gasteiger partial charge in [0.2, 0.25) is 5.91 Å². The molecule has 3 rings (SSSR count). The summed E-state index contributed by atoms with van der Waals surface area (Å²) in [5, 5.41) is 4.16. The van der Waals surface area contributed by atoms with E-state index in [2.05, 4.69) is 5.32 Å². The molecule has 0 saturated carbocycles. The monoisotopic (exact) mass is 306 g/mol. The van der Waals surface area contributed by atoms with Crippen molar-refractivity contribution in [1.29, 1.82) is 0 Å². The first-order valence-electron chi connectivity index (χ1n) is 7.85. The summed E-state index contributed by atoms with van der Waals surface area (Å²) in [6.07, 6.45) is 3.53. The highest BCUT2D eigenvalue weighted by Gasteiger charge is 2.38. The molecule has 3 nitrogen and oxygen atoms in total.